The first-order valence-corrected chi connectivity index (χ1v) is 8.44. The number of aliphatic hydroxyl groups is 1. The molecule has 3 N–H and O–H groups in total. The van der Waals surface area contributed by atoms with Gasteiger partial charge in [-0.1, -0.05) is 12.1 Å². The number of phenolic OH excluding ortho intramolecular Hbond substituents is 1. The van der Waals surface area contributed by atoms with Gasteiger partial charge >= 0.3 is 0 Å². The van der Waals surface area contributed by atoms with Crippen molar-refractivity contribution in [3.8, 4) is 5.75 Å². The van der Waals surface area contributed by atoms with E-state index in [-0.39, 0.29) is 17.1 Å². The second kappa shape index (κ2) is 7.25. The second-order valence-corrected chi connectivity index (χ2v) is 6.42. The van der Waals surface area contributed by atoms with E-state index in [4.69, 9.17) is 4.74 Å². The summed E-state index contributed by atoms with van der Waals surface area (Å²) < 4.78 is 5.34. The fourth-order valence-electron chi connectivity index (χ4n) is 3.44. The molecule has 2 aliphatic rings. The minimum atomic E-state index is -0.619. The van der Waals surface area contributed by atoms with Gasteiger partial charge in [0.15, 0.2) is 11.5 Å². The Balaban J connectivity index is 1.85. The number of quaternary nitrogens is 1. The Morgan fingerprint density at radius 3 is 2.48 bits per heavy atom. The van der Waals surface area contributed by atoms with Gasteiger partial charge in [-0.3, -0.25) is 9.59 Å². The van der Waals surface area contributed by atoms with E-state index in [0.29, 0.717) is 25.3 Å². The number of ketones is 1. The van der Waals surface area contributed by atoms with E-state index in [1.54, 1.807) is 17.0 Å². The van der Waals surface area contributed by atoms with E-state index < -0.39 is 17.7 Å². The molecular weight excluding hydrogens is 324 g/mol. The Labute approximate surface area is 146 Å². The molecule has 1 saturated heterocycles. The highest BCUT2D eigenvalue weighted by Gasteiger charge is 2.42. The monoisotopic (exact) mass is 347 g/mol. The molecule has 0 saturated carbocycles. The molecule has 7 nitrogen and oxygen atoms in total. The van der Waals surface area contributed by atoms with Crippen molar-refractivity contribution in [2.45, 2.75) is 13.0 Å². The third-order valence-electron chi connectivity index (χ3n) is 4.80. The number of carbonyl (C=O) groups excluding carboxylic acids is 2. The lowest BCUT2D eigenvalue weighted by atomic mass is 9.96. The largest absolute Gasteiger partial charge is 0.508 e. The highest BCUT2D eigenvalue weighted by molar-refractivity contribution is 6.08. The summed E-state index contributed by atoms with van der Waals surface area (Å²) in [5, 5.41) is 19.7. The van der Waals surface area contributed by atoms with Crippen LogP contribution in [0.2, 0.25) is 0 Å². The van der Waals surface area contributed by atoms with Gasteiger partial charge in [-0.15, -0.1) is 0 Å². The van der Waals surface area contributed by atoms with Crippen LogP contribution in [0, 0.1) is 0 Å². The standard InChI is InChI=1S/C18H22N2O5/c1-12(21)15-16(13-2-4-14(22)5-3-13)20(18(24)17(15)23)7-6-19-8-10-25-11-9-19/h2-5,16,22-23H,6-11H2,1H3/p+1/t16-/m1/s1. The number of aromatic hydroxyl groups is 1. The number of carbonyl (C=O) groups is 2. The molecule has 0 bridgehead atoms. The van der Waals surface area contributed by atoms with Crippen molar-refractivity contribution in [1.29, 1.82) is 0 Å². The maximum Gasteiger partial charge on any atom is 0.290 e. The molecule has 0 aliphatic carbocycles. The van der Waals surface area contributed by atoms with Crippen LogP contribution in [0.5, 0.6) is 5.75 Å². The predicted octanol–water partition coefficient (Wildman–Crippen LogP) is -0.408. The van der Waals surface area contributed by atoms with Crippen LogP contribution >= 0.6 is 0 Å². The molecule has 1 fully saturated rings. The lowest BCUT2D eigenvalue weighted by molar-refractivity contribution is -0.907. The predicted molar refractivity (Wildman–Crippen MR) is 89.3 cm³/mol. The van der Waals surface area contributed by atoms with Crippen molar-refractivity contribution < 1.29 is 29.4 Å². The lowest BCUT2D eigenvalue weighted by Crippen LogP contribution is -3.14. The number of ether oxygens (including phenoxy) is 1. The van der Waals surface area contributed by atoms with Crippen LogP contribution in [0.15, 0.2) is 35.6 Å². The quantitative estimate of drug-likeness (QED) is 0.674. The summed E-state index contributed by atoms with van der Waals surface area (Å²) in [6.07, 6.45) is 0. The number of Topliss-reactive ketones (excluding diaryl/α,β-unsaturated/α-hetero) is 1. The van der Waals surface area contributed by atoms with Crippen LogP contribution in [0.1, 0.15) is 18.5 Å². The summed E-state index contributed by atoms with van der Waals surface area (Å²) in [5.41, 5.74) is 0.810. The van der Waals surface area contributed by atoms with E-state index in [1.807, 2.05) is 0 Å². The van der Waals surface area contributed by atoms with Crippen LogP contribution in [0.3, 0.4) is 0 Å². The molecule has 0 radical (unpaired) electrons. The summed E-state index contributed by atoms with van der Waals surface area (Å²) in [4.78, 5) is 27.4. The van der Waals surface area contributed by atoms with Crippen molar-refractivity contribution in [1.82, 2.24) is 4.90 Å². The number of hydrogen-bond acceptors (Lipinski definition) is 5. The van der Waals surface area contributed by atoms with Gasteiger partial charge in [-0.05, 0) is 24.6 Å². The average Bonchev–Trinajstić information content (AvgIpc) is 2.86. The van der Waals surface area contributed by atoms with Crippen molar-refractivity contribution >= 4 is 11.7 Å². The zero-order chi connectivity index (χ0) is 18.0. The molecule has 1 aromatic rings. The number of morpholine rings is 1. The smallest absolute Gasteiger partial charge is 0.290 e. The average molecular weight is 347 g/mol. The summed E-state index contributed by atoms with van der Waals surface area (Å²) in [7, 11) is 0. The van der Waals surface area contributed by atoms with E-state index in [2.05, 4.69) is 0 Å². The van der Waals surface area contributed by atoms with Crippen molar-refractivity contribution in [2.24, 2.45) is 0 Å². The van der Waals surface area contributed by atoms with Crippen LogP contribution in [-0.2, 0) is 14.3 Å². The number of rotatable bonds is 5. The number of nitrogens with one attached hydrogen (secondary N) is 1. The fraction of sp³-hybridized carbons (Fsp3) is 0.444. The minimum Gasteiger partial charge on any atom is -0.508 e. The number of aliphatic hydroxyl groups excluding tert-OH is 1. The molecule has 2 aliphatic heterocycles. The van der Waals surface area contributed by atoms with Crippen LogP contribution in [0.4, 0.5) is 0 Å². The molecule has 1 atom stereocenters. The summed E-state index contributed by atoms with van der Waals surface area (Å²) in [6, 6.07) is 5.75. The third kappa shape index (κ3) is 3.52. The summed E-state index contributed by atoms with van der Waals surface area (Å²) in [5.74, 6) is -1.21. The Morgan fingerprint density at radius 2 is 1.88 bits per heavy atom. The zero-order valence-corrected chi connectivity index (χ0v) is 14.2. The molecule has 0 unspecified atom stereocenters. The molecule has 3 rings (SSSR count). The summed E-state index contributed by atoms with van der Waals surface area (Å²) >= 11 is 0. The highest BCUT2D eigenvalue weighted by Crippen LogP contribution is 2.37. The van der Waals surface area contributed by atoms with Gasteiger partial charge in [0.2, 0.25) is 0 Å². The summed E-state index contributed by atoms with van der Waals surface area (Å²) in [6.45, 7) is 5.67. The Hall–Kier alpha value is -2.38. The lowest BCUT2D eigenvalue weighted by Gasteiger charge is -2.29. The van der Waals surface area contributed by atoms with Gasteiger partial charge in [-0.25, -0.2) is 0 Å². The molecule has 7 heteroatoms. The fourth-order valence-corrected chi connectivity index (χ4v) is 3.44. The molecule has 0 aromatic heterocycles. The number of amides is 1. The molecule has 2 heterocycles. The van der Waals surface area contributed by atoms with Crippen LogP contribution < -0.4 is 4.90 Å². The van der Waals surface area contributed by atoms with Gasteiger partial charge < -0.3 is 24.7 Å². The number of hydrogen-bond donors (Lipinski definition) is 3. The van der Waals surface area contributed by atoms with Crippen molar-refractivity contribution in [3.63, 3.8) is 0 Å². The van der Waals surface area contributed by atoms with E-state index in [9.17, 15) is 19.8 Å². The number of benzene rings is 1. The van der Waals surface area contributed by atoms with Gasteiger partial charge in [0.05, 0.1) is 37.9 Å². The molecule has 1 aromatic carbocycles. The van der Waals surface area contributed by atoms with Crippen LogP contribution in [-0.4, -0.2) is 66.2 Å². The van der Waals surface area contributed by atoms with Crippen molar-refractivity contribution in [2.75, 3.05) is 39.4 Å². The van der Waals surface area contributed by atoms with Gasteiger partial charge in [0, 0.05) is 0 Å². The number of nitrogens with zero attached hydrogens (tertiary/aromatic N) is 1. The Morgan fingerprint density at radius 1 is 1.24 bits per heavy atom. The SMILES string of the molecule is CC(=O)C1=C(O)C(=O)N(CC[NH+]2CCOCC2)[C@@H]1c1ccc(O)cc1. The second-order valence-electron chi connectivity index (χ2n) is 6.42. The first-order chi connectivity index (χ1) is 12.0. The van der Waals surface area contributed by atoms with E-state index in [0.717, 1.165) is 19.6 Å². The van der Waals surface area contributed by atoms with Gasteiger partial charge in [0.25, 0.3) is 5.91 Å². The number of phenols is 1. The van der Waals surface area contributed by atoms with Crippen LogP contribution in [0.25, 0.3) is 0 Å². The van der Waals surface area contributed by atoms with E-state index in [1.165, 1.54) is 24.0 Å². The molecule has 134 valence electrons. The van der Waals surface area contributed by atoms with E-state index >= 15 is 0 Å². The highest BCUT2D eigenvalue weighted by atomic mass is 16.5. The molecule has 25 heavy (non-hydrogen) atoms. The molecule has 1 amide bonds. The minimum absolute atomic E-state index is 0.106. The molecular formula is C18H23N2O5+. The first kappa shape index (κ1) is 17.4. The molecule has 0 spiro atoms. The normalized spacial score (nSPS) is 21.9. The maximum absolute atomic E-state index is 12.5. The maximum atomic E-state index is 12.5. The topological polar surface area (TPSA) is 91.5 Å². The Bertz CT molecular complexity index is 692. The zero-order valence-electron chi connectivity index (χ0n) is 14.2. The first-order valence-electron chi connectivity index (χ1n) is 8.44. The Kier molecular flexibility index (Phi) is 5.06. The van der Waals surface area contributed by atoms with Crippen molar-refractivity contribution in [3.05, 3.63) is 41.2 Å². The van der Waals surface area contributed by atoms with Gasteiger partial charge in [-0.2, -0.15) is 0 Å². The van der Waals surface area contributed by atoms with Gasteiger partial charge in [0.1, 0.15) is 18.8 Å². The third-order valence-corrected chi connectivity index (χ3v) is 4.80.